The predicted octanol–water partition coefficient (Wildman–Crippen LogP) is 3.21. The lowest BCUT2D eigenvalue weighted by atomic mass is 10.1. The first-order valence-corrected chi connectivity index (χ1v) is 7.48. The van der Waals surface area contributed by atoms with Gasteiger partial charge in [-0.05, 0) is 44.7 Å². The minimum atomic E-state index is -0.903. The number of rotatable bonds is 3. The lowest BCUT2D eigenvalue weighted by Crippen LogP contribution is -2.44. The molecule has 1 N–H and O–H groups in total. The van der Waals surface area contributed by atoms with Crippen molar-refractivity contribution in [3.63, 3.8) is 0 Å². The molecule has 5 heteroatoms. The van der Waals surface area contributed by atoms with E-state index in [1.54, 1.807) is 6.20 Å². The van der Waals surface area contributed by atoms with Crippen molar-refractivity contribution in [2.24, 2.45) is 5.92 Å². The zero-order chi connectivity index (χ0) is 15.6. The Bertz CT molecular complexity index is 493. The van der Waals surface area contributed by atoms with Crippen LogP contribution in [0, 0.1) is 5.92 Å². The number of nitrogens with zero attached hydrogens (tertiary/aromatic N) is 3. The van der Waals surface area contributed by atoms with Gasteiger partial charge in [-0.1, -0.05) is 13.0 Å². The predicted molar refractivity (Wildman–Crippen MR) is 83.6 cm³/mol. The van der Waals surface area contributed by atoms with E-state index in [1.165, 1.54) is 11.3 Å². The van der Waals surface area contributed by atoms with Crippen molar-refractivity contribution in [1.82, 2.24) is 9.88 Å². The van der Waals surface area contributed by atoms with E-state index in [4.69, 9.17) is 0 Å². The van der Waals surface area contributed by atoms with Crippen LogP contribution in [0.2, 0.25) is 0 Å². The molecular formula is C16H25N3O2. The normalized spacial score (nSPS) is 18.9. The van der Waals surface area contributed by atoms with Gasteiger partial charge in [-0.25, -0.2) is 9.78 Å². The summed E-state index contributed by atoms with van der Waals surface area (Å²) in [4.78, 5) is 19.6. The number of aromatic nitrogens is 1. The molecule has 21 heavy (non-hydrogen) atoms. The average Bonchev–Trinajstić information content (AvgIpc) is 2.81. The van der Waals surface area contributed by atoms with Crippen molar-refractivity contribution in [2.45, 2.75) is 46.2 Å². The molecule has 1 fully saturated rings. The summed E-state index contributed by atoms with van der Waals surface area (Å²) in [6.45, 7) is 10.4. The van der Waals surface area contributed by atoms with Gasteiger partial charge in [0.1, 0.15) is 5.82 Å². The Morgan fingerprint density at radius 1 is 1.48 bits per heavy atom. The van der Waals surface area contributed by atoms with Gasteiger partial charge in [0, 0.05) is 24.8 Å². The maximum absolute atomic E-state index is 11.4. The third-order valence-corrected chi connectivity index (χ3v) is 3.94. The molecule has 2 heterocycles. The van der Waals surface area contributed by atoms with E-state index in [9.17, 15) is 9.90 Å². The topological polar surface area (TPSA) is 56.7 Å². The van der Waals surface area contributed by atoms with Gasteiger partial charge in [0.2, 0.25) is 0 Å². The summed E-state index contributed by atoms with van der Waals surface area (Å²) in [6, 6.07) is 3.98. The molecule has 1 saturated heterocycles. The molecule has 0 aromatic carbocycles. The van der Waals surface area contributed by atoms with Gasteiger partial charge in [0.05, 0.1) is 6.54 Å². The average molecular weight is 291 g/mol. The summed E-state index contributed by atoms with van der Waals surface area (Å²) in [6.07, 6.45) is 2.10. The summed E-state index contributed by atoms with van der Waals surface area (Å²) in [5.41, 5.74) is 0.498. The highest BCUT2D eigenvalue weighted by atomic mass is 16.4. The summed E-state index contributed by atoms with van der Waals surface area (Å²) < 4.78 is 0. The third-order valence-electron chi connectivity index (χ3n) is 3.94. The molecule has 1 aliphatic heterocycles. The van der Waals surface area contributed by atoms with Gasteiger partial charge in [0.15, 0.2) is 0 Å². The Hall–Kier alpha value is -1.78. The SMILES string of the molecule is C[C@H]1CCN(c2ccc(CN(C(=O)O)C(C)(C)C)cn2)C1. The Balaban J connectivity index is 2.06. The molecule has 0 unspecified atom stereocenters. The molecule has 5 nitrogen and oxygen atoms in total. The highest BCUT2D eigenvalue weighted by molar-refractivity contribution is 5.66. The molecule has 1 aromatic rings. The van der Waals surface area contributed by atoms with Gasteiger partial charge in [-0.15, -0.1) is 0 Å². The largest absolute Gasteiger partial charge is 0.465 e. The monoisotopic (exact) mass is 291 g/mol. The standard InChI is InChI=1S/C16H25N3O2/c1-12-7-8-18(10-12)14-6-5-13(9-17-14)11-19(15(20)21)16(2,3)4/h5-6,9,12H,7-8,10-11H2,1-4H3,(H,20,21)/t12-/m0/s1. The van der Waals surface area contributed by atoms with E-state index < -0.39 is 11.6 Å². The minimum Gasteiger partial charge on any atom is -0.465 e. The van der Waals surface area contributed by atoms with E-state index >= 15 is 0 Å². The van der Waals surface area contributed by atoms with Crippen molar-refractivity contribution < 1.29 is 9.90 Å². The zero-order valence-electron chi connectivity index (χ0n) is 13.3. The first kappa shape index (κ1) is 15.6. The minimum absolute atomic E-state index is 0.364. The maximum Gasteiger partial charge on any atom is 0.408 e. The first-order valence-electron chi connectivity index (χ1n) is 7.48. The van der Waals surface area contributed by atoms with E-state index in [1.807, 2.05) is 32.9 Å². The molecule has 0 radical (unpaired) electrons. The van der Waals surface area contributed by atoms with Crippen LogP contribution in [0.1, 0.15) is 39.7 Å². The fourth-order valence-electron chi connectivity index (χ4n) is 2.61. The van der Waals surface area contributed by atoms with Crippen molar-refractivity contribution in [2.75, 3.05) is 18.0 Å². The zero-order valence-corrected chi connectivity index (χ0v) is 13.3. The van der Waals surface area contributed by atoms with Gasteiger partial charge in [-0.2, -0.15) is 0 Å². The van der Waals surface area contributed by atoms with Crippen molar-refractivity contribution in [3.05, 3.63) is 23.9 Å². The third kappa shape index (κ3) is 3.86. The van der Waals surface area contributed by atoms with E-state index in [2.05, 4.69) is 16.8 Å². The number of pyridine rings is 1. The van der Waals surface area contributed by atoms with Crippen LogP contribution in [0.4, 0.5) is 10.6 Å². The van der Waals surface area contributed by atoms with E-state index in [0.29, 0.717) is 6.54 Å². The molecule has 0 spiro atoms. The number of hydrogen-bond donors (Lipinski definition) is 1. The number of carbonyl (C=O) groups is 1. The Morgan fingerprint density at radius 2 is 2.19 bits per heavy atom. The molecule has 2 rings (SSSR count). The summed E-state index contributed by atoms with van der Waals surface area (Å²) >= 11 is 0. The van der Waals surface area contributed by atoms with Crippen LogP contribution in [0.25, 0.3) is 0 Å². The van der Waals surface area contributed by atoms with Gasteiger partial charge < -0.3 is 10.0 Å². The van der Waals surface area contributed by atoms with Crippen LogP contribution in [-0.2, 0) is 6.54 Å². The molecule has 1 aromatic heterocycles. The van der Waals surface area contributed by atoms with Crippen LogP contribution in [0.3, 0.4) is 0 Å². The van der Waals surface area contributed by atoms with Crippen LogP contribution in [-0.4, -0.2) is 39.7 Å². The first-order chi connectivity index (χ1) is 9.77. The molecule has 0 aliphatic carbocycles. The molecule has 1 aliphatic rings. The van der Waals surface area contributed by atoms with Crippen molar-refractivity contribution >= 4 is 11.9 Å². The van der Waals surface area contributed by atoms with Gasteiger partial charge in [0.25, 0.3) is 0 Å². The Kier molecular flexibility index (Phi) is 4.40. The second kappa shape index (κ2) is 5.92. The van der Waals surface area contributed by atoms with Crippen LogP contribution < -0.4 is 4.90 Å². The Labute approximate surface area is 126 Å². The smallest absolute Gasteiger partial charge is 0.408 e. The molecule has 1 atom stereocenters. The number of amides is 1. The highest BCUT2D eigenvalue weighted by Crippen LogP contribution is 2.23. The second-order valence-corrected chi connectivity index (χ2v) is 6.90. The lowest BCUT2D eigenvalue weighted by molar-refractivity contribution is 0.0955. The number of anilines is 1. The summed E-state index contributed by atoms with van der Waals surface area (Å²) in [5.74, 6) is 1.70. The molecule has 0 bridgehead atoms. The van der Waals surface area contributed by atoms with Crippen molar-refractivity contribution in [1.29, 1.82) is 0 Å². The highest BCUT2D eigenvalue weighted by Gasteiger charge is 2.26. The Morgan fingerprint density at radius 3 is 2.62 bits per heavy atom. The summed E-state index contributed by atoms with van der Waals surface area (Å²) in [7, 11) is 0. The molecule has 0 saturated carbocycles. The number of hydrogen-bond acceptors (Lipinski definition) is 3. The lowest BCUT2D eigenvalue weighted by Gasteiger charge is -2.33. The van der Waals surface area contributed by atoms with Crippen LogP contribution >= 0.6 is 0 Å². The summed E-state index contributed by atoms with van der Waals surface area (Å²) in [5, 5.41) is 9.32. The van der Waals surface area contributed by atoms with Crippen LogP contribution in [0.5, 0.6) is 0 Å². The van der Waals surface area contributed by atoms with Gasteiger partial charge in [-0.3, -0.25) is 4.90 Å². The second-order valence-electron chi connectivity index (χ2n) is 6.90. The van der Waals surface area contributed by atoms with Crippen molar-refractivity contribution in [3.8, 4) is 0 Å². The molecule has 116 valence electrons. The van der Waals surface area contributed by atoms with E-state index in [0.717, 1.165) is 30.4 Å². The van der Waals surface area contributed by atoms with Gasteiger partial charge >= 0.3 is 6.09 Å². The maximum atomic E-state index is 11.4. The van der Waals surface area contributed by atoms with E-state index in [-0.39, 0.29) is 0 Å². The fourth-order valence-corrected chi connectivity index (χ4v) is 2.61. The number of carboxylic acid groups (broad SMARTS) is 1. The fraction of sp³-hybridized carbons (Fsp3) is 0.625. The molecular weight excluding hydrogens is 266 g/mol. The quantitative estimate of drug-likeness (QED) is 0.929. The van der Waals surface area contributed by atoms with Crippen LogP contribution in [0.15, 0.2) is 18.3 Å². The molecule has 1 amide bonds.